The summed E-state index contributed by atoms with van der Waals surface area (Å²) in [6.07, 6.45) is -0.590. The van der Waals surface area contributed by atoms with E-state index in [1.807, 2.05) is 6.07 Å². The normalized spacial score (nSPS) is 18.1. The SMILES string of the molecule is CC(C)(C)[Si](C)(C)OCC1CC(OC(=O)c2ccccc2)CN1C(=O)OCc1ccc([N+](=O)[O-])cc1. The molecule has 1 fully saturated rings. The van der Waals surface area contributed by atoms with E-state index >= 15 is 0 Å². The van der Waals surface area contributed by atoms with Crippen molar-refractivity contribution in [2.45, 2.75) is 64.1 Å². The number of carbonyl (C=O) groups is 2. The fourth-order valence-electron chi connectivity index (χ4n) is 3.60. The fraction of sp³-hybridized carbons (Fsp3) is 0.462. The average Bonchev–Trinajstić information content (AvgIpc) is 3.24. The molecule has 2 atom stereocenters. The summed E-state index contributed by atoms with van der Waals surface area (Å²) < 4.78 is 17.6. The molecule has 0 bridgehead atoms. The van der Waals surface area contributed by atoms with Crippen LogP contribution in [0.15, 0.2) is 54.6 Å². The molecule has 1 amide bonds. The van der Waals surface area contributed by atoms with Crippen LogP contribution in [0.25, 0.3) is 0 Å². The standard InChI is InChI=1S/C26H34N2O7Si/c1-26(2,3)36(4,5)34-18-22-15-23(35-24(29)20-9-7-6-8-10-20)16-27(22)25(30)33-17-19-11-13-21(14-12-19)28(31)32/h6-14,22-23H,15-18H2,1-5H3. The Morgan fingerprint density at radius 2 is 1.72 bits per heavy atom. The van der Waals surface area contributed by atoms with E-state index < -0.39 is 31.4 Å². The van der Waals surface area contributed by atoms with E-state index in [-0.39, 0.29) is 29.9 Å². The lowest BCUT2D eigenvalue weighted by Gasteiger charge is -2.37. The van der Waals surface area contributed by atoms with Crippen LogP contribution in [-0.2, 0) is 20.5 Å². The molecule has 194 valence electrons. The van der Waals surface area contributed by atoms with Gasteiger partial charge in [0.2, 0.25) is 0 Å². The third kappa shape index (κ3) is 6.92. The Morgan fingerprint density at radius 3 is 2.31 bits per heavy atom. The number of rotatable bonds is 8. The maximum absolute atomic E-state index is 13.0. The lowest BCUT2D eigenvalue weighted by atomic mass is 10.2. The van der Waals surface area contributed by atoms with Crippen molar-refractivity contribution in [3.8, 4) is 0 Å². The molecule has 2 aromatic rings. The number of nitro groups is 1. The first-order valence-electron chi connectivity index (χ1n) is 11.9. The van der Waals surface area contributed by atoms with Crippen LogP contribution in [0.4, 0.5) is 10.5 Å². The first kappa shape index (κ1) is 27.3. The summed E-state index contributed by atoms with van der Waals surface area (Å²) >= 11 is 0. The molecule has 2 unspecified atom stereocenters. The zero-order chi connectivity index (χ0) is 26.5. The number of nitrogens with zero attached hydrogens (tertiary/aromatic N) is 2. The highest BCUT2D eigenvalue weighted by atomic mass is 28.4. The van der Waals surface area contributed by atoms with Gasteiger partial charge in [-0.05, 0) is 48.0 Å². The van der Waals surface area contributed by atoms with Crippen molar-refractivity contribution >= 4 is 26.1 Å². The first-order valence-corrected chi connectivity index (χ1v) is 14.8. The maximum Gasteiger partial charge on any atom is 0.410 e. The topological polar surface area (TPSA) is 108 Å². The number of ether oxygens (including phenoxy) is 2. The number of hydrogen-bond acceptors (Lipinski definition) is 7. The summed E-state index contributed by atoms with van der Waals surface area (Å²) in [5.41, 5.74) is 1.05. The van der Waals surface area contributed by atoms with Crippen molar-refractivity contribution < 1.29 is 28.4 Å². The zero-order valence-electron chi connectivity index (χ0n) is 21.4. The molecule has 9 nitrogen and oxygen atoms in total. The molecular weight excluding hydrogens is 480 g/mol. The summed E-state index contributed by atoms with van der Waals surface area (Å²) in [6.45, 7) is 11.2. The quantitative estimate of drug-likeness (QED) is 0.197. The second-order valence-corrected chi connectivity index (χ2v) is 15.3. The lowest BCUT2D eigenvalue weighted by molar-refractivity contribution is -0.384. The highest BCUT2D eigenvalue weighted by Crippen LogP contribution is 2.37. The molecule has 3 rings (SSSR count). The van der Waals surface area contributed by atoms with Gasteiger partial charge in [-0.2, -0.15) is 0 Å². The van der Waals surface area contributed by atoms with Gasteiger partial charge in [-0.3, -0.25) is 15.0 Å². The summed E-state index contributed by atoms with van der Waals surface area (Å²) in [5.74, 6) is -0.439. The van der Waals surface area contributed by atoms with Crippen LogP contribution in [0, 0.1) is 10.1 Å². The van der Waals surface area contributed by atoms with Gasteiger partial charge in [0.15, 0.2) is 8.32 Å². The van der Waals surface area contributed by atoms with E-state index in [2.05, 4.69) is 33.9 Å². The number of hydrogen-bond donors (Lipinski definition) is 0. The molecule has 0 radical (unpaired) electrons. The van der Waals surface area contributed by atoms with Crippen molar-refractivity contribution in [3.05, 3.63) is 75.8 Å². The van der Waals surface area contributed by atoms with Gasteiger partial charge in [-0.15, -0.1) is 0 Å². The average molecular weight is 515 g/mol. The highest BCUT2D eigenvalue weighted by molar-refractivity contribution is 6.74. The number of esters is 1. The Kier molecular flexibility index (Phi) is 8.52. The van der Waals surface area contributed by atoms with Gasteiger partial charge in [0.25, 0.3) is 5.69 Å². The van der Waals surface area contributed by atoms with Gasteiger partial charge >= 0.3 is 12.1 Å². The van der Waals surface area contributed by atoms with Crippen molar-refractivity contribution in [1.29, 1.82) is 0 Å². The van der Waals surface area contributed by atoms with E-state index in [0.29, 0.717) is 24.2 Å². The molecule has 0 N–H and O–H groups in total. The summed E-state index contributed by atoms with van der Waals surface area (Å²) in [6, 6.07) is 14.3. The van der Waals surface area contributed by atoms with Gasteiger partial charge in [-0.1, -0.05) is 39.0 Å². The predicted octanol–water partition coefficient (Wildman–Crippen LogP) is 5.55. The van der Waals surface area contributed by atoms with E-state index in [1.165, 1.54) is 12.1 Å². The molecule has 10 heteroatoms. The molecule has 0 saturated carbocycles. The molecule has 1 heterocycles. The number of likely N-dealkylation sites (tertiary alicyclic amines) is 1. The van der Waals surface area contributed by atoms with Gasteiger partial charge in [0.05, 0.1) is 29.7 Å². The molecular formula is C26H34N2O7Si. The number of carbonyl (C=O) groups excluding carboxylic acids is 2. The van der Waals surface area contributed by atoms with Crippen molar-refractivity contribution in [2.75, 3.05) is 13.2 Å². The largest absolute Gasteiger partial charge is 0.457 e. The van der Waals surface area contributed by atoms with Gasteiger partial charge in [-0.25, -0.2) is 9.59 Å². The van der Waals surface area contributed by atoms with Crippen LogP contribution < -0.4 is 0 Å². The van der Waals surface area contributed by atoms with Crippen LogP contribution in [0.5, 0.6) is 0 Å². The van der Waals surface area contributed by atoms with Crippen molar-refractivity contribution in [1.82, 2.24) is 4.90 Å². The Bertz CT molecular complexity index is 1070. The molecule has 0 aliphatic carbocycles. The minimum atomic E-state index is -2.07. The number of benzene rings is 2. The monoisotopic (exact) mass is 514 g/mol. The zero-order valence-corrected chi connectivity index (χ0v) is 22.4. The Morgan fingerprint density at radius 1 is 1.08 bits per heavy atom. The number of nitro benzene ring substituents is 1. The summed E-state index contributed by atoms with van der Waals surface area (Å²) in [5, 5.41) is 10.9. The van der Waals surface area contributed by atoms with Crippen molar-refractivity contribution in [3.63, 3.8) is 0 Å². The van der Waals surface area contributed by atoms with E-state index in [9.17, 15) is 19.7 Å². The third-order valence-electron chi connectivity index (χ3n) is 6.85. The summed E-state index contributed by atoms with van der Waals surface area (Å²) in [7, 11) is -2.07. The number of amides is 1. The third-order valence-corrected chi connectivity index (χ3v) is 11.3. The Balaban J connectivity index is 1.68. The van der Waals surface area contributed by atoms with Gasteiger partial charge in [0.1, 0.15) is 12.7 Å². The minimum absolute atomic E-state index is 0.00599. The van der Waals surface area contributed by atoms with Crippen LogP contribution in [0.2, 0.25) is 18.1 Å². The van der Waals surface area contributed by atoms with Crippen molar-refractivity contribution in [2.24, 2.45) is 0 Å². The molecule has 36 heavy (non-hydrogen) atoms. The second-order valence-electron chi connectivity index (χ2n) is 10.5. The van der Waals surface area contributed by atoms with E-state index in [0.717, 1.165) is 0 Å². The van der Waals surface area contributed by atoms with Crippen LogP contribution in [0.3, 0.4) is 0 Å². The molecule has 2 aromatic carbocycles. The van der Waals surface area contributed by atoms with Gasteiger partial charge in [0, 0.05) is 18.6 Å². The molecule has 0 aromatic heterocycles. The Labute approximate surface area is 212 Å². The van der Waals surface area contributed by atoms with E-state index in [4.69, 9.17) is 13.9 Å². The summed E-state index contributed by atoms with van der Waals surface area (Å²) in [4.78, 5) is 37.6. The lowest BCUT2D eigenvalue weighted by Crippen LogP contribution is -2.46. The van der Waals surface area contributed by atoms with Crippen LogP contribution >= 0.6 is 0 Å². The first-order chi connectivity index (χ1) is 16.9. The highest BCUT2D eigenvalue weighted by Gasteiger charge is 2.42. The van der Waals surface area contributed by atoms with Crippen LogP contribution in [-0.4, -0.2) is 55.5 Å². The molecule has 1 aliphatic heterocycles. The second kappa shape index (κ2) is 11.2. The number of non-ortho nitro benzene ring substituents is 1. The molecule has 1 saturated heterocycles. The van der Waals surface area contributed by atoms with Crippen LogP contribution in [0.1, 0.15) is 43.1 Å². The molecule has 1 aliphatic rings. The minimum Gasteiger partial charge on any atom is -0.457 e. The Hall–Kier alpha value is -3.24. The molecule has 0 spiro atoms. The van der Waals surface area contributed by atoms with E-state index in [1.54, 1.807) is 41.3 Å². The smallest absolute Gasteiger partial charge is 0.410 e. The fourth-order valence-corrected chi connectivity index (χ4v) is 4.64. The van der Waals surface area contributed by atoms with Gasteiger partial charge < -0.3 is 13.9 Å². The predicted molar refractivity (Wildman–Crippen MR) is 137 cm³/mol. The maximum atomic E-state index is 13.0.